The number of amides is 1. The van der Waals surface area contributed by atoms with Gasteiger partial charge in [-0.1, -0.05) is 12.1 Å². The molecule has 138 valence electrons. The third kappa shape index (κ3) is 6.38. The molecule has 2 N–H and O–H groups in total. The van der Waals surface area contributed by atoms with E-state index in [1.165, 1.54) is 0 Å². The smallest absolute Gasteiger partial charge is 0.306 e. The van der Waals surface area contributed by atoms with Crippen molar-refractivity contribution in [1.29, 1.82) is 0 Å². The summed E-state index contributed by atoms with van der Waals surface area (Å²) in [5.41, 5.74) is 0.983. The van der Waals surface area contributed by atoms with Crippen LogP contribution in [-0.4, -0.2) is 37.3 Å². The Kier molecular flexibility index (Phi) is 7.73. The molecule has 1 aliphatic rings. The molecule has 0 heterocycles. The van der Waals surface area contributed by atoms with Crippen molar-refractivity contribution in [2.45, 2.75) is 38.6 Å². The number of carboxylic acid groups (broad SMARTS) is 1. The van der Waals surface area contributed by atoms with Gasteiger partial charge in [0.1, 0.15) is 5.75 Å². The third-order valence-corrected chi connectivity index (χ3v) is 4.57. The molecule has 1 aliphatic carbocycles. The zero-order chi connectivity index (χ0) is 18.1. The minimum atomic E-state index is -0.749. The van der Waals surface area contributed by atoms with Gasteiger partial charge in [-0.25, -0.2) is 0 Å². The molecule has 0 unspecified atom stereocenters. The van der Waals surface area contributed by atoms with Gasteiger partial charge in [0.25, 0.3) is 0 Å². The van der Waals surface area contributed by atoms with Gasteiger partial charge in [-0.3, -0.25) is 9.59 Å². The van der Waals surface area contributed by atoms with Gasteiger partial charge in [-0.05, 0) is 43.4 Å². The van der Waals surface area contributed by atoms with Crippen LogP contribution in [0.1, 0.15) is 37.7 Å². The van der Waals surface area contributed by atoms with E-state index < -0.39 is 5.97 Å². The molecule has 0 aromatic heterocycles. The van der Waals surface area contributed by atoms with E-state index in [4.69, 9.17) is 14.6 Å². The second-order valence-corrected chi connectivity index (χ2v) is 6.45. The predicted octanol–water partition coefficient (Wildman–Crippen LogP) is 2.61. The first-order valence-corrected chi connectivity index (χ1v) is 8.81. The van der Waals surface area contributed by atoms with Gasteiger partial charge in [0.15, 0.2) is 0 Å². The van der Waals surface area contributed by atoms with Gasteiger partial charge < -0.3 is 19.9 Å². The number of methoxy groups -OCH3 is 1. The molecule has 2 rings (SSSR count). The highest BCUT2D eigenvalue weighted by Gasteiger charge is 2.29. The maximum absolute atomic E-state index is 12.3. The minimum Gasteiger partial charge on any atom is -0.493 e. The summed E-state index contributed by atoms with van der Waals surface area (Å²) in [7, 11) is 1.66. The summed E-state index contributed by atoms with van der Waals surface area (Å²) >= 11 is 0. The summed E-state index contributed by atoms with van der Waals surface area (Å²) in [4.78, 5) is 23.2. The highest BCUT2D eigenvalue weighted by molar-refractivity contribution is 5.79. The molecule has 0 spiro atoms. The number of carbonyl (C=O) groups excluding carboxylic acids is 1. The maximum atomic E-state index is 12.3. The number of benzene rings is 1. The van der Waals surface area contributed by atoms with Crippen molar-refractivity contribution in [1.82, 2.24) is 5.32 Å². The number of ether oxygens (including phenoxy) is 2. The molecule has 25 heavy (non-hydrogen) atoms. The number of carbonyl (C=O) groups is 2. The van der Waals surface area contributed by atoms with Crippen molar-refractivity contribution >= 4 is 11.9 Å². The zero-order valence-corrected chi connectivity index (χ0v) is 14.7. The van der Waals surface area contributed by atoms with Crippen LogP contribution < -0.4 is 10.1 Å². The highest BCUT2D eigenvalue weighted by atomic mass is 16.5. The fourth-order valence-corrected chi connectivity index (χ4v) is 3.07. The molecule has 0 aliphatic heterocycles. The number of nitrogens with one attached hydrogen (secondary N) is 1. The minimum absolute atomic E-state index is 0.00950. The second kappa shape index (κ2) is 10.0. The molecule has 1 amide bonds. The Morgan fingerprint density at radius 1 is 1.16 bits per heavy atom. The van der Waals surface area contributed by atoms with E-state index in [0.29, 0.717) is 45.4 Å². The number of carboxylic acids is 1. The van der Waals surface area contributed by atoms with Crippen molar-refractivity contribution in [2.75, 3.05) is 20.3 Å². The van der Waals surface area contributed by atoms with Crippen molar-refractivity contribution in [3.05, 3.63) is 29.8 Å². The van der Waals surface area contributed by atoms with Gasteiger partial charge in [0, 0.05) is 32.6 Å². The fraction of sp³-hybridized carbons (Fsp3) is 0.579. The molecule has 0 saturated heterocycles. The number of hydrogen-bond acceptors (Lipinski definition) is 4. The van der Waals surface area contributed by atoms with E-state index in [9.17, 15) is 9.59 Å². The number of rotatable bonds is 9. The molecule has 0 atom stereocenters. The summed E-state index contributed by atoms with van der Waals surface area (Å²) in [6, 6.07) is 7.68. The summed E-state index contributed by atoms with van der Waals surface area (Å²) in [5, 5.41) is 12.0. The lowest BCUT2D eigenvalue weighted by molar-refractivity contribution is -0.144. The largest absolute Gasteiger partial charge is 0.493 e. The Bertz CT molecular complexity index is 567. The van der Waals surface area contributed by atoms with E-state index in [1.807, 2.05) is 24.3 Å². The molecular weight excluding hydrogens is 322 g/mol. The first kappa shape index (κ1) is 19.2. The molecule has 1 aromatic carbocycles. The van der Waals surface area contributed by atoms with E-state index >= 15 is 0 Å². The fourth-order valence-electron chi connectivity index (χ4n) is 3.07. The molecule has 6 nitrogen and oxygen atoms in total. The highest BCUT2D eigenvalue weighted by Crippen LogP contribution is 2.29. The summed E-state index contributed by atoms with van der Waals surface area (Å²) in [6.07, 6.45) is 3.28. The van der Waals surface area contributed by atoms with Crippen LogP contribution in [0.3, 0.4) is 0 Å². The second-order valence-electron chi connectivity index (χ2n) is 6.45. The standard InChI is InChI=1S/C19H27NO5/c1-24-10-3-11-25-17-5-2-4-14(12-17)13-20-18(21)15-6-8-16(9-7-15)19(22)23/h2,4-5,12,15-16H,3,6-11,13H2,1H3,(H,20,21)(H,22,23). The lowest BCUT2D eigenvalue weighted by Gasteiger charge is -2.25. The molecule has 1 aromatic rings. The average Bonchev–Trinajstić information content (AvgIpc) is 2.64. The van der Waals surface area contributed by atoms with Crippen LogP contribution in [0.25, 0.3) is 0 Å². The van der Waals surface area contributed by atoms with Crippen molar-refractivity contribution < 1.29 is 24.2 Å². The quantitative estimate of drug-likeness (QED) is 0.670. The molecule has 6 heteroatoms. The van der Waals surface area contributed by atoms with Crippen LogP contribution >= 0.6 is 0 Å². The van der Waals surface area contributed by atoms with E-state index in [0.717, 1.165) is 17.7 Å². The predicted molar refractivity (Wildman–Crippen MR) is 93.4 cm³/mol. The van der Waals surface area contributed by atoms with Crippen LogP contribution in [0, 0.1) is 11.8 Å². The van der Waals surface area contributed by atoms with Crippen LogP contribution in [0.5, 0.6) is 5.75 Å². The number of aliphatic carboxylic acids is 1. The van der Waals surface area contributed by atoms with Gasteiger partial charge in [-0.2, -0.15) is 0 Å². The van der Waals surface area contributed by atoms with Gasteiger partial charge in [-0.15, -0.1) is 0 Å². The van der Waals surface area contributed by atoms with Gasteiger partial charge >= 0.3 is 5.97 Å². The SMILES string of the molecule is COCCCOc1cccc(CNC(=O)C2CCC(C(=O)O)CC2)c1. The van der Waals surface area contributed by atoms with E-state index in [2.05, 4.69) is 5.32 Å². The van der Waals surface area contributed by atoms with Crippen molar-refractivity contribution in [2.24, 2.45) is 11.8 Å². The topological polar surface area (TPSA) is 84.9 Å². The lowest BCUT2D eigenvalue weighted by Crippen LogP contribution is -2.34. The lowest BCUT2D eigenvalue weighted by atomic mass is 9.81. The monoisotopic (exact) mass is 349 g/mol. The van der Waals surface area contributed by atoms with Crippen LogP contribution in [0.2, 0.25) is 0 Å². The van der Waals surface area contributed by atoms with Crippen molar-refractivity contribution in [3.63, 3.8) is 0 Å². The van der Waals surface area contributed by atoms with E-state index in [1.54, 1.807) is 7.11 Å². The van der Waals surface area contributed by atoms with Crippen molar-refractivity contribution in [3.8, 4) is 5.75 Å². The van der Waals surface area contributed by atoms with Gasteiger partial charge in [0.05, 0.1) is 12.5 Å². The Labute approximate surface area is 148 Å². The summed E-state index contributed by atoms with van der Waals surface area (Å²) in [5.74, 6) is -0.332. The van der Waals surface area contributed by atoms with Crippen LogP contribution in [0.15, 0.2) is 24.3 Å². The molecule has 0 radical (unpaired) electrons. The zero-order valence-electron chi connectivity index (χ0n) is 14.7. The van der Waals surface area contributed by atoms with E-state index in [-0.39, 0.29) is 17.7 Å². The molecule has 1 fully saturated rings. The Morgan fingerprint density at radius 2 is 1.88 bits per heavy atom. The third-order valence-electron chi connectivity index (χ3n) is 4.57. The maximum Gasteiger partial charge on any atom is 0.306 e. The molecule has 1 saturated carbocycles. The first-order chi connectivity index (χ1) is 12.1. The normalized spacial score (nSPS) is 20.0. The molecule has 0 bridgehead atoms. The Hall–Kier alpha value is -2.08. The molecular formula is C19H27NO5. The van der Waals surface area contributed by atoms with Crippen LogP contribution in [-0.2, 0) is 20.9 Å². The van der Waals surface area contributed by atoms with Crippen LogP contribution in [0.4, 0.5) is 0 Å². The number of hydrogen-bond donors (Lipinski definition) is 2. The Morgan fingerprint density at radius 3 is 2.56 bits per heavy atom. The average molecular weight is 349 g/mol. The summed E-state index contributed by atoms with van der Waals surface area (Å²) in [6.45, 7) is 1.71. The Balaban J connectivity index is 1.75. The van der Waals surface area contributed by atoms with Gasteiger partial charge in [0.2, 0.25) is 5.91 Å². The first-order valence-electron chi connectivity index (χ1n) is 8.81. The summed E-state index contributed by atoms with van der Waals surface area (Å²) < 4.78 is 10.6.